The number of aromatic hydroxyl groups is 1. The van der Waals surface area contributed by atoms with Gasteiger partial charge in [0.05, 0.1) is 0 Å². The van der Waals surface area contributed by atoms with Crippen molar-refractivity contribution in [1.29, 1.82) is 0 Å². The van der Waals surface area contributed by atoms with Crippen LogP contribution in [0.3, 0.4) is 0 Å². The topological polar surface area (TPSA) is 49.8 Å². The van der Waals surface area contributed by atoms with Crippen LogP contribution in [-0.2, 0) is 11.2 Å². The number of para-hydroxylation sites is 2. The Morgan fingerprint density at radius 1 is 1.13 bits per heavy atom. The number of carbonyl (C=O) groups excluding carboxylic acids is 1. The SMILES string of the molecule is O=C(COc1ccccc1O)N1CCCC1Cc1ccccc1. The first-order valence-corrected chi connectivity index (χ1v) is 7.98. The second kappa shape index (κ2) is 7.18. The van der Waals surface area contributed by atoms with Gasteiger partial charge in [0.25, 0.3) is 5.91 Å². The summed E-state index contributed by atoms with van der Waals surface area (Å²) in [5, 5.41) is 9.69. The van der Waals surface area contributed by atoms with E-state index in [1.54, 1.807) is 24.3 Å². The molecule has 120 valence electrons. The van der Waals surface area contributed by atoms with Crippen LogP contribution in [0.5, 0.6) is 11.5 Å². The zero-order valence-corrected chi connectivity index (χ0v) is 13.0. The number of phenolic OH excluding ortho intramolecular Hbond substituents is 1. The maximum Gasteiger partial charge on any atom is 0.260 e. The van der Waals surface area contributed by atoms with Gasteiger partial charge in [-0.15, -0.1) is 0 Å². The summed E-state index contributed by atoms with van der Waals surface area (Å²) in [6.45, 7) is 0.739. The van der Waals surface area contributed by atoms with Crippen LogP contribution in [-0.4, -0.2) is 35.1 Å². The quantitative estimate of drug-likeness (QED) is 0.923. The van der Waals surface area contributed by atoms with Crippen molar-refractivity contribution in [3.8, 4) is 11.5 Å². The predicted octanol–water partition coefficient (Wildman–Crippen LogP) is 3.00. The summed E-state index contributed by atoms with van der Waals surface area (Å²) in [5.41, 5.74) is 1.25. The van der Waals surface area contributed by atoms with Gasteiger partial charge in [-0.1, -0.05) is 42.5 Å². The van der Waals surface area contributed by atoms with Crippen LogP contribution in [0.1, 0.15) is 18.4 Å². The molecule has 4 nitrogen and oxygen atoms in total. The van der Waals surface area contributed by atoms with Crippen molar-refractivity contribution in [2.45, 2.75) is 25.3 Å². The molecule has 2 aromatic rings. The van der Waals surface area contributed by atoms with E-state index in [1.807, 2.05) is 23.1 Å². The molecule has 1 aliphatic rings. The molecule has 0 bridgehead atoms. The summed E-state index contributed by atoms with van der Waals surface area (Å²) >= 11 is 0. The molecule has 1 fully saturated rings. The van der Waals surface area contributed by atoms with Crippen molar-refractivity contribution in [2.75, 3.05) is 13.2 Å². The first-order valence-electron chi connectivity index (χ1n) is 7.98. The van der Waals surface area contributed by atoms with Crippen molar-refractivity contribution in [3.63, 3.8) is 0 Å². The van der Waals surface area contributed by atoms with Crippen LogP contribution < -0.4 is 4.74 Å². The summed E-state index contributed by atoms with van der Waals surface area (Å²) in [6.07, 6.45) is 2.93. The number of ether oxygens (including phenoxy) is 1. The highest BCUT2D eigenvalue weighted by Crippen LogP contribution is 2.25. The van der Waals surface area contributed by atoms with E-state index in [0.29, 0.717) is 5.75 Å². The summed E-state index contributed by atoms with van der Waals surface area (Å²) in [7, 11) is 0. The Bertz CT molecular complexity index is 657. The van der Waals surface area contributed by atoms with Crippen LogP contribution in [0.15, 0.2) is 54.6 Å². The van der Waals surface area contributed by atoms with E-state index in [2.05, 4.69) is 12.1 Å². The van der Waals surface area contributed by atoms with E-state index in [-0.39, 0.29) is 24.3 Å². The lowest BCUT2D eigenvalue weighted by atomic mass is 10.0. The number of phenols is 1. The molecule has 3 rings (SSSR count). The molecule has 0 radical (unpaired) electrons. The third kappa shape index (κ3) is 3.83. The van der Waals surface area contributed by atoms with E-state index in [4.69, 9.17) is 4.74 Å². The summed E-state index contributed by atoms with van der Waals surface area (Å²) < 4.78 is 5.47. The minimum Gasteiger partial charge on any atom is -0.504 e. The lowest BCUT2D eigenvalue weighted by Crippen LogP contribution is -2.39. The number of amides is 1. The molecule has 1 saturated heterocycles. The zero-order chi connectivity index (χ0) is 16.1. The third-order valence-corrected chi connectivity index (χ3v) is 4.23. The number of nitrogens with zero attached hydrogens (tertiary/aromatic N) is 1. The summed E-state index contributed by atoms with van der Waals surface area (Å²) in [4.78, 5) is 14.4. The molecule has 23 heavy (non-hydrogen) atoms. The molecule has 1 atom stereocenters. The summed E-state index contributed by atoms with van der Waals surface area (Å²) in [5.74, 6) is 0.383. The second-order valence-corrected chi connectivity index (χ2v) is 5.83. The average molecular weight is 311 g/mol. The number of rotatable bonds is 5. The third-order valence-electron chi connectivity index (χ3n) is 4.23. The van der Waals surface area contributed by atoms with Gasteiger partial charge in [0.1, 0.15) is 0 Å². The van der Waals surface area contributed by atoms with Crippen LogP contribution >= 0.6 is 0 Å². The molecule has 1 unspecified atom stereocenters. The first kappa shape index (κ1) is 15.4. The normalized spacial score (nSPS) is 17.2. The fraction of sp³-hybridized carbons (Fsp3) is 0.316. The minimum atomic E-state index is -0.0388. The molecule has 4 heteroatoms. The molecular formula is C19H21NO3. The van der Waals surface area contributed by atoms with E-state index in [0.717, 1.165) is 25.8 Å². The number of carbonyl (C=O) groups is 1. The number of hydrogen-bond acceptors (Lipinski definition) is 3. The predicted molar refractivity (Wildman–Crippen MR) is 88.5 cm³/mol. The lowest BCUT2D eigenvalue weighted by Gasteiger charge is -2.25. The molecule has 2 aromatic carbocycles. The summed E-state index contributed by atoms with van der Waals surface area (Å²) in [6, 6.07) is 17.2. The maximum absolute atomic E-state index is 12.4. The standard InChI is InChI=1S/C19H21NO3/c21-17-10-4-5-11-18(17)23-14-19(22)20-12-6-9-16(20)13-15-7-2-1-3-8-15/h1-5,7-8,10-11,16,21H,6,9,12-14H2. The van der Waals surface area contributed by atoms with Gasteiger partial charge in [-0.2, -0.15) is 0 Å². The monoisotopic (exact) mass is 311 g/mol. The van der Waals surface area contributed by atoms with Gasteiger partial charge in [0.15, 0.2) is 18.1 Å². The van der Waals surface area contributed by atoms with Gasteiger partial charge < -0.3 is 14.7 Å². The van der Waals surface area contributed by atoms with Crippen molar-refractivity contribution < 1.29 is 14.6 Å². The minimum absolute atomic E-state index is 0.0216. The van der Waals surface area contributed by atoms with Crippen LogP contribution in [0, 0.1) is 0 Å². The van der Waals surface area contributed by atoms with Crippen LogP contribution in [0.2, 0.25) is 0 Å². The molecule has 1 aliphatic heterocycles. The van der Waals surface area contributed by atoms with Crippen LogP contribution in [0.4, 0.5) is 0 Å². The molecule has 0 spiro atoms. The molecule has 1 amide bonds. The van der Waals surface area contributed by atoms with Gasteiger partial charge in [0.2, 0.25) is 0 Å². The Morgan fingerprint density at radius 2 is 1.87 bits per heavy atom. The molecule has 0 aromatic heterocycles. The van der Waals surface area contributed by atoms with Gasteiger partial charge in [-0.05, 0) is 37.0 Å². The van der Waals surface area contributed by atoms with Gasteiger partial charge in [-0.25, -0.2) is 0 Å². The highest BCUT2D eigenvalue weighted by molar-refractivity contribution is 5.78. The van der Waals surface area contributed by atoms with E-state index >= 15 is 0 Å². The van der Waals surface area contributed by atoms with E-state index in [9.17, 15) is 9.90 Å². The molecule has 0 saturated carbocycles. The molecule has 1 N–H and O–H groups in total. The largest absolute Gasteiger partial charge is 0.504 e. The molecular weight excluding hydrogens is 290 g/mol. The maximum atomic E-state index is 12.4. The van der Waals surface area contributed by atoms with E-state index in [1.165, 1.54) is 5.56 Å². The fourth-order valence-corrected chi connectivity index (χ4v) is 3.06. The Hall–Kier alpha value is -2.49. The first-order chi connectivity index (χ1) is 11.2. The highest BCUT2D eigenvalue weighted by Gasteiger charge is 2.28. The van der Waals surface area contributed by atoms with Crippen molar-refractivity contribution in [1.82, 2.24) is 4.90 Å². The molecule has 1 heterocycles. The molecule has 0 aliphatic carbocycles. The lowest BCUT2D eigenvalue weighted by molar-refractivity contribution is -0.134. The Labute approximate surface area is 136 Å². The Balaban J connectivity index is 1.59. The van der Waals surface area contributed by atoms with Crippen LogP contribution in [0.25, 0.3) is 0 Å². The Kier molecular flexibility index (Phi) is 4.81. The van der Waals surface area contributed by atoms with Gasteiger partial charge >= 0.3 is 0 Å². The number of hydrogen-bond donors (Lipinski definition) is 1. The number of benzene rings is 2. The highest BCUT2D eigenvalue weighted by atomic mass is 16.5. The average Bonchev–Trinajstić information content (AvgIpc) is 3.03. The van der Waals surface area contributed by atoms with Gasteiger partial charge in [-0.3, -0.25) is 4.79 Å². The smallest absolute Gasteiger partial charge is 0.260 e. The van der Waals surface area contributed by atoms with Crippen molar-refractivity contribution in [2.24, 2.45) is 0 Å². The van der Waals surface area contributed by atoms with Crippen molar-refractivity contribution >= 4 is 5.91 Å². The van der Waals surface area contributed by atoms with Gasteiger partial charge in [0, 0.05) is 12.6 Å². The Morgan fingerprint density at radius 3 is 2.65 bits per heavy atom. The second-order valence-electron chi connectivity index (χ2n) is 5.83. The zero-order valence-electron chi connectivity index (χ0n) is 13.0. The fourth-order valence-electron chi connectivity index (χ4n) is 3.06. The number of likely N-dealkylation sites (tertiary alicyclic amines) is 1. The van der Waals surface area contributed by atoms with Crippen molar-refractivity contribution in [3.05, 3.63) is 60.2 Å². The van der Waals surface area contributed by atoms with E-state index < -0.39 is 0 Å².